The van der Waals surface area contributed by atoms with E-state index < -0.39 is 24.5 Å². The number of carbonyl (C=O) groups is 2. The largest absolute Gasteiger partial charge is 0.481 e. The summed E-state index contributed by atoms with van der Waals surface area (Å²) in [5, 5.41) is 16.9. The Morgan fingerprint density at radius 2 is 2.07 bits per heavy atom. The fraction of sp³-hybridized carbons (Fsp3) is 0.412. The Balaban J connectivity index is 1.81. The smallest absolute Gasteiger partial charge is 0.387 e. The van der Waals surface area contributed by atoms with Crippen molar-refractivity contribution in [1.82, 2.24) is 19.9 Å². The van der Waals surface area contributed by atoms with Gasteiger partial charge in [-0.15, -0.1) is 5.10 Å². The first kappa shape index (κ1) is 19.7. The summed E-state index contributed by atoms with van der Waals surface area (Å²) in [5.41, 5.74) is 1.04. The fourth-order valence-electron chi connectivity index (χ4n) is 2.97. The Kier molecular flexibility index (Phi) is 5.83. The third-order valence-corrected chi connectivity index (χ3v) is 4.30. The number of hydrogen-bond acceptors (Lipinski definition) is 6. The first-order valence-corrected chi connectivity index (χ1v) is 8.45. The molecule has 1 aliphatic heterocycles. The molecular weight excluding hydrogens is 378 g/mol. The van der Waals surface area contributed by atoms with Gasteiger partial charge in [-0.3, -0.25) is 9.59 Å². The van der Waals surface area contributed by atoms with Crippen LogP contribution >= 0.6 is 0 Å². The molecule has 1 fully saturated rings. The van der Waals surface area contributed by atoms with Crippen LogP contribution in [-0.4, -0.2) is 69.3 Å². The van der Waals surface area contributed by atoms with Gasteiger partial charge in [-0.05, 0) is 31.2 Å². The second-order valence-electron chi connectivity index (χ2n) is 6.13. The number of aliphatic carboxylic acids is 1. The molecule has 1 unspecified atom stereocenters. The van der Waals surface area contributed by atoms with E-state index in [0.29, 0.717) is 18.0 Å². The van der Waals surface area contributed by atoms with Gasteiger partial charge in [0.2, 0.25) is 0 Å². The molecule has 0 aliphatic carbocycles. The van der Waals surface area contributed by atoms with E-state index in [1.807, 2.05) is 0 Å². The standard InChI is InChI=1S/C17H18F2N4O5/c1-10-15(16(26)22-6-7-27-9-12(22)8-14(24)25)20-21-23(10)11-2-4-13(5-3-11)28-17(18)19/h2-5,12,17H,6-9H2,1H3,(H,24,25). The van der Waals surface area contributed by atoms with Crippen molar-refractivity contribution >= 4 is 11.9 Å². The van der Waals surface area contributed by atoms with Gasteiger partial charge in [0.25, 0.3) is 5.91 Å². The van der Waals surface area contributed by atoms with E-state index in [1.54, 1.807) is 6.92 Å². The summed E-state index contributed by atoms with van der Waals surface area (Å²) in [6.45, 7) is -0.584. The lowest BCUT2D eigenvalue weighted by Crippen LogP contribution is -2.49. The number of benzene rings is 1. The van der Waals surface area contributed by atoms with E-state index >= 15 is 0 Å². The SMILES string of the molecule is Cc1c(C(=O)N2CCOCC2CC(=O)O)nnn1-c1ccc(OC(F)F)cc1. The highest BCUT2D eigenvalue weighted by Crippen LogP contribution is 2.20. The number of halogens is 2. The molecule has 2 aromatic rings. The van der Waals surface area contributed by atoms with Crippen LogP contribution < -0.4 is 4.74 Å². The number of nitrogens with zero attached hydrogens (tertiary/aromatic N) is 4. The van der Waals surface area contributed by atoms with Crippen LogP contribution in [0.15, 0.2) is 24.3 Å². The quantitative estimate of drug-likeness (QED) is 0.788. The Morgan fingerprint density at radius 1 is 1.36 bits per heavy atom. The summed E-state index contributed by atoms with van der Waals surface area (Å²) in [4.78, 5) is 25.4. The monoisotopic (exact) mass is 396 g/mol. The predicted octanol–water partition coefficient (Wildman–Crippen LogP) is 1.49. The molecule has 0 radical (unpaired) electrons. The molecule has 0 bridgehead atoms. The summed E-state index contributed by atoms with van der Waals surface area (Å²) in [5.74, 6) is -1.46. The highest BCUT2D eigenvalue weighted by molar-refractivity contribution is 5.94. The highest BCUT2D eigenvalue weighted by atomic mass is 19.3. The summed E-state index contributed by atoms with van der Waals surface area (Å²) < 4.78 is 35.5. The summed E-state index contributed by atoms with van der Waals surface area (Å²) >= 11 is 0. The molecule has 3 rings (SSSR count). The second-order valence-corrected chi connectivity index (χ2v) is 6.13. The number of alkyl halides is 2. The van der Waals surface area contributed by atoms with E-state index in [9.17, 15) is 18.4 Å². The van der Waals surface area contributed by atoms with E-state index in [0.717, 1.165) is 0 Å². The molecular formula is C17H18F2N4O5. The molecule has 11 heteroatoms. The summed E-state index contributed by atoms with van der Waals surface area (Å²) in [7, 11) is 0. The van der Waals surface area contributed by atoms with Crippen molar-refractivity contribution < 1.29 is 33.0 Å². The first-order chi connectivity index (χ1) is 13.4. The van der Waals surface area contributed by atoms with Crippen LogP contribution in [0.3, 0.4) is 0 Å². The average molecular weight is 396 g/mol. The number of amides is 1. The van der Waals surface area contributed by atoms with Crippen LogP contribution in [0.2, 0.25) is 0 Å². The lowest BCUT2D eigenvalue weighted by atomic mass is 10.1. The molecule has 2 heterocycles. The molecule has 1 aromatic heterocycles. The molecule has 0 spiro atoms. The number of ether oxygens (including phenoxy) is 2. The zero-order chi connectivity index (χ0) is 20.3. The minimum Gasteiger partial charge on any atom is -0.481 e. The highest BCUT2D eigenvalue weighted by Gasteiger charge is 2.32. The predicted molar refractivity (Wildman–Crippen MR) is 90.6 cm³/mol. The fourth-order valence-corrected chi connectivity index (χ4v) is 2.97. The van der Waals surface area contributed by atoms with Gasteiger partial charge >= 0.3 is 12.6 Å². The molecule has 1 amide bonds. The molecule has 1 aliphatic rings. The Hall–Kier alpha value is -3.08. The maximum absolute atomic E-state index is 12.9. The van der Waals surface area contributed by atoms with Crippen molar-refractivity contribution in [2.45, 2.75) is 26.0 Å². The topological polar surface area (TPSA) is 107 Å². The zero-order valence-corrected chi connectivity index (χ0v) is 14.9. The number of carboxylic acid groups (broad SMARTS) is 1. The molecule has 1 atom stereocenters. The van der Waals surface area contributed by atoms with Crippen LogP contribution in [0.5, 0.6) is 5.75 Å². The molecule has 0 saturated carbocycles. The van der Waals surface area contributed by atoms with Crippen LogP contribution in [0.25, 0.3) is 5.69 Å². The van der Waals surface area contributed by atoms with Gasteiger partial charge in [0, 0.05) is 6.54 Å². The molecule has 9 nitrogen and oxygen atoms in total. The van der Waals surface area contributed by atoms with E-state index in [-0.39, 0.29) is 31.0 Å². The Morgan fingerprint density at radius 3 is 2.71 bits per heavy atom. The molecule has 1 aromatic carbocycles. The van der Waals surface area contributed by atoms with Crippen LogP contribution in [0.1, 0.15) is 22.6 Å². The van der Waals surface area contributed by atoms with Gasteiger partial charge in [0.1, 0.15) is 5.75 Å². The van der Waals surface area contributed by atoms with Gasteiger partial charge in [-0.25, -0.2) is 4.68 Å². The van der Waals surface area contributed by atoms with Crippen molar-refractivity contribution in [3.8, 4) is 11.4 Å². The minimum absolute atomic E-state index is 0.00218. The molecule has 1 N–H and O–H groups in total. The van der Waals surface area contributed by atoms with Crippen molar-refractivity contribution in [3.63, 3.8) is 0 Å². The van der Waals surface area contributed by atoms with Gasteiger partial charge < -0.3 is 19.5 Å². The van der Waals surface area contributed by atoms with Crippen LogP contribution in [0, 0.1) is 6.92 Å². The zero-order valence-electron chi connectivity index (χ0n) is 14.9. The van der Waals surface area contributed by atoms with Gasteiger partial charge in [-0.2, -0.15) is 8.78 Å². The van der Waals surface area contributed by atoms with E-state index in [4.69, 9.17) is 9.84 Å². The summed E-state index contributed by atoms with van der Waals surface area (Å²) in [6, 6.07) is 5.14. The number of hydrogen-bond donors (Lipinski definition) is 1. The number of carbonyl (C=O) groups excluding carboxylic acids is 1. The lowest BCUT2D eigenvalue weighted by Gasteiger charge is -2.34. The Labute approximate surface area is 158 Å². The first-order valence-electron chi connectivity index (χ1n) is 8.45. The van der Waals surface area contributed by atoms with Crippen molar-refractivity contribution in [1.29, 1.82) is 0 Å². The number of aromatic nitrogens is 3. The third kappa shape index (κ3) is 4.25. The lowest BCUT2D eigenvalue weighted by molar-refractivity contribution is -0.139. The second kappa shape index (κ2) is 8.30. The maximum Gasteiger partial charge on any atom is 0.387 e. The number of morpholine rings is 1. The van der Waals surface area contributed by atoms with E-state index in [2.05, 4.69) is 15.0 Å². The normalized spacial score (nSPS) is 17.0. The molecule has 150 valence electrons. The minimum atomic E-state index is -2.92. The molecule has 28 heavy (non-hydrogen) atoms. The van der Waals surface area contributed by atoms with Crippen LogP contribution in [-0.2, 0) is 9.53 Å². The maximum atomic E-state index is 12.9. The average Bonchev–Trinajstić information content (AvgIpc) is 3.03. The summed E-state index contributed by atoms with van der Waals surface area (Å²) in [6.07, 6.45) is -0.232. The Bertz CT molecular complexity index is 856. The number of rotatable bonds is 6. The van der Waals surface area contributed by atoms with E-state index in [1.165, 1.54) is 33.8 Å². The number of carboxylic acids is 1. The third-order valence-electron chi connectivity index (χ3n) is 4.30. The van der Waals surface area contributed by atoms with Crippen LogP contribution in [0.4, 0.5) is 8.78 Å². The van der Waals surface area contributed by atoms with Crippen molar-refractivity contribution in [2.24, 2.45) is 0 Å². The van der Waals surface area contributed by atoms with Crippen molar-refractivity contribution in [3.05, 3.63) is 35.7 Å². The molecule has 1 saturated heterocycles. The van der Waals surface area contributed by atoms with Gasteiger partial charge in [0.15, 0.2) is 5.69 Å². The van der Waals surface area contributed by atoms with Gasteiger partial charge in [-0.1, -0.05) is 5.21 Å². The van der Waals surface area contributed by atoms with Gasteiger partial charge in [0.05, 0.1) is 37.1 Å². The van der Waals surface area contributed by atoms with Crippen molar-refractivity contribution in [2.75, 3.05) is 19.8 Å².